The minimum atomic E-state index is -0.377. The van der Waals surface area contributed by atoms with E-state index < -0.39 is 0 Å². The molecule has 0 saturated carbocycles. The molecule has 0 saturated heterocycles. The molecule has 8 nitrogen and oxygen atoms in total. The highest BCUT2D eigenvalue weighted by Gasteiger charge is 2.22. The van der Waals surface area contributed by atoms with Gasteiger partial charge in [0.1, 0.15) is 0 Å². The molecule has 0 fully saturated rings. The summed E-state index contributed by atoms with van der Waals surface area (Å²) >= 11 is 1.25. The second kappa shape index (κ2) is 7.38. The smallest absolute Gasteiger partial charge is 0.278 e. The molecule has 1 aliphatic rings. The lowest BCUT2D eigenvalue weighted by Gasteiger charge is -2.29. The third-order valence-corrected chi connectivity index (χ3v) is 4.96. The third kappa shape index (κ3) is 3.40. The van der Waals surface area contributed by atoms with E-state index in [0.29, 0.717) is 11.7 Å². The number of halogens is 1. The second-order valence-electron chi connectivity index (χ2n) is 5.76. The van der Waals surface area contributed by atoms with E-state index in [9.17, 15) is 9.59 Å². The Labute approximate surface area is 159 Å². The van der Waals surface area contributed by atoms with Crippen molar-refractivity contribution in [1.29, 1.82) is 0 Å². The Bertz CT molecular complexity index is 1020. The molecule has 26 heavy (non-hydrogen) atoms. The van der Waals surface area contributed by atoms with Crippen molar-refractivity contribution in [2.24, 2.45) is 0 Å². The first-order valence-corrected chi connectivity index (χ1v) is 8.87. The predicted octanol–water partition coefficient (Wildman–Crippen LogP) is 1.72. The van der Waals surface area contributed by atoms with Gasteiger partial charge in [-0.05, 0) is 24.5 Å². The molecule has 10 heteroatoms. The number of carbonyl (C=O) groups is 1. The van der Waals surface area contributed by atoms with Crippen molar-refractivity contribution in [3.63, 3.8) is 0 Å². The number of nitrogens with one attached hydrogen (secondary N) is 2. The van der Waals surface area contributed by atoms with Crippen LogP contribution >= 0.6 is 24.2 Å². The van der Waals surface area contributed by atoms with Crippen LogP contribution in [0.25, 0.3) is 11.2 Å². The molecule has 1 aromatic carbocycles. The summed E-state index contributed by atoms with van der Waals surface area (Å²) in [4.78, 5) is 39.7. The Hall–Kier alpha value is -2.52. The highest BCUT2D eigenvalue weighted by Crippen LogP contribution is 2.28. The number of aromatic amines is 2. The van der Waals surface area contributed by atoms with E-state index in [2.05, 4.69) is 26.0 Å². The zero-order valence-corrected chi connectivity index (χ0v) is 15.3. The molecular weight excluding hydrogens is 376 g/mol. The molecule has 2 aromatic heterocycles. The van der Waals surface area contributed by atoms with Gasteiger partial charge >= 0.3 is 0 Å². The van der Waals surface area contributed by atoms with Crippen LogP contribution in [0.3, 0.4) is 0 Å². The zero-order chi connectivity index (χ0) is 17.4. The van der Waals surface area contributed by atoms with Gasteiger partial charge in [0.25, 0.3) is 5.56 Å². The molecule has 136 valence electrons. The number of hydrogen-bond acceptors (Lipinski definition) is 6. The summed E-state index contributed by atoms with van der Waals surface area (Å²) < 4.78 is 0. The monoisotopic (exact) mass is 392 g/mol. The highest BCUT2D eigenvalue weighted by atomic mass is 35.5. The van der Waals surface area contributed by atoms with Crippen LogP contribution in [0.1, 0.15) is 12.0 Å². The lowest BCUT2D eigenvalue weighted by atomic mass is 10.0. The quantitative estimate of drug-likeness (QED) is 0.583. The van der Waals surface area contributed by atoms with Crippen molar-refractivity contribution >= 4 is 52.9 Å². The Morgan fingerprint density at radius 1 is 1.27 bits per heavy atom. The average Bonchev–Trinajstić information content (AvgIpc) is 3.02. The zero-order valence-electron chi connectivity index (χ0n) is 13.7. The fraction of sp³-hybridized carbons (Fsp3) is 0.250. The third-order valence-electron chi connectivity index (χ3n) is 4.10. The van der Waals surface area contributed by atoms with E-state index >= 15 is 0 Å². The van der Waals surface area contributed by atoms with Gasteiger partial charge < -0.3 is 15.6 Å². The number of H-pyrrole nitrogens is 2. The van der Waals surface area contributed by atoms with Gasteiger partial charge in [-0.2, -0.15) is 4.98 Å². The number of aromatic nitrogens is 4. The summed E-state index contributed by atoms with van der Waals surface area (Å²) in [6.07, 6.45) is 1.95. The Morgan fingerprint density at radius 3 is 2.92 bits per heavy atom. The molecule has 0 spiro atoms. The number of nitrogen functional groups attached to an aromatic ring is 1. The number of para-hydroxylation sites is 1. The van der Waals surface area contributed by atoms with Crippen molar-refractivity contribution in [3.05, 3.63) is 40.2 Å². The molecule has 0 radical (unpaired) electrons. The maximum absolute atomic E-state index is 12.6. The summed E-state index contributed by atoms with van der Waals surface area (Å²) in [6.45, 7) is 0.717. The Morgan fingerprint density at radius 2 is 2.08 bits per heavy atom. The lowest BCUT2D eigenvalue weighted by molar-refractivity contribution is -0.116. The van der Waals surface area contributed by atoms with E-state index in [-0.39, 0.29) is 46.7 Å². The van der Waals surface area contributed by atoms with Crippen LogP contribution < -0.4 is 16.2 Å². The van der Waals surface area contributed by atoms with E-state index in [1.165, 1.54) is 17.3 Å². The summed E-state index contributed by atoms with van der Waals surface area (Å²) in [5.41, 5.74) is 7.82. The van der Waals surface area contributed by atoms with Crippen molar-refractivity contribution in [2.75, 3.05) is 22.9 Å². The molecule has 4 rings (SSSR count). The summed E-state index contributed by atoms with van der Waals surface area (Å²) in [7, 11) is 0. The molecule has 0 bridgehead atoms. The molecule has 0 aliphatic carbocycles. The number of nitrogens with zero attached hydrogens (tertiary/aromatic N) is 3. The number of fused-ring (bicyclic) bond motifs is 2. The average molecular weight is 393 g/mol. The van der Waals surface area contributed by atoms with Gasteiger partial charge in [-0.15, -0.1) is 12.4 Å². The van der Waals surface area contributed by atoms with Gasteiger partial charge in [0.15, 0.2) is 16.3 Å². The van der Waals surface area contributed by atoms with Gasteiger partial charge in [-0.25, -0.2) is 4.98 Å². The van der Waals surface area contributed by atoms with Crippen LogP contribution in [0.5, 0.6) is 0 Å². The Kier molecular flexibility index (Phi) is 5.19. The molecule has 4 N–H and O–H groups in total. The van der Waals surface area contributed by atoms with Crippen molar-refractivity contribution in [2.45, 2.75) is 18.0 Å². The SMILES string of the molecule is Cl.Nc1nc2nc(SCC(=O)N3CCCc4ccccc43)[nH]c2c(=O)[nH]1. The van der Waals surface area contributed by atoms with E-state index in [1.807, 2.05) is 23.1 Å². The maximum Gasteiger partial charge on any atom is 0.278 e. The topological polar surface area (TPSA) is 121 Å². The fourth-order valence-corrected chi connectivity index (χ4v) is 3.71. The molecule has 0 unspecified atom stereocenters. The van der Waals surface area contributed by atoms with Crippen LogP contribution in [-0.2, 0) is 11.2 Å². The molecule has 1 aliphatic heterocycles. The summed E-state index contributed by atoms with van der Waals surface area (Å²) in [5, 5.41) is 0.470. The van der Waals surface area contributed by atoms with Gasteiger partial charge in [-0.1, -0.05) is 30.0 Å². The van der Waals surface area contributed by atoms with Crippen LogP contribution in [0.2, 0.25) is 0 Å². The number of hydrogen-bond donors (Lipinski definition) is 3. The standard InChI is InChI=1S/C16H16N6O2S.ClH/c17-15-19-13-12(14(24)21-15)18-16(20-13)25-8-11(23)22-7-3-5-9-4-1-2-6-10(9)22;/h1-2,4,6H,3,5,7-8H2,(H4,17,18,19,20,21,24);1H. The van der Waals surface area contributed by atoms with Gasteiger partial charge in [0, 0.05) is 12.2 Å². The van der Waals surface area contributed by atoms with Crippen LogP contribution in [-0.4, -0.2) is 38.1 Å². The van der Waals surface area contributed by atoms with E-state index in [1.54, 1.807) is 0 Å². The first-order valence-electron chi connectivity index (χ1n) is 7.88. The van der Waals surface area contributed by atoms with Crippen molar-refractivity contribution < 1.29 is 4.79 Å². The molecule has 0 atom stereocenters. The van der Waals surface area contributed by atoms with Crippen molar-refractivity contribution in [1.82, 2.24) is 19.9 Å². The van der Waals surface area contributed by atoms with Crippen LogP contribution in [0.15, 0.2) is 34.2 Å². The number of carbonyl (C=O) groups excluding carboxylic acids is 1. The number of nitrogens with two attached hydrogens (primary N) is 1. The number of aryl methyl sites for hydroxylation is 1. The summed E-state index contributed by atoms with van der Waals surface area (Å²) in [6, 6.07) is 7.97. The first-order chi connectivity index (χ1) is 12.1. The van der Waals surface area contributed by atoms with E-state index in [0.717, 1.165) is 18.5 Å². The molecule has 3 aromatic rings. The van der Waals surface area contributed by atoms with Crippen LogP contribution in [0.4, 0.5) is 11.6 Å². The minimum absolute atomic E-state index is 0. The first kappa shape index (κ1) is 18.3. The number of rotatable bonds is 3. The van der Waals surface area contributed by atoms with Crippen molar-refractivity contribution in [3.8, 4) is 0 Å². The number of benzene rings is 1. The molecule has 1 amide bonds. The normalized spacial score (nSPS) is 13.3. The lowest BCUT2D eigenvalue weighted by Crippen LogP contribution is -2.36. The number of anilines is 2. The van der Waals surface area contributed by atoms with E-state index in [4.69, 9.17) is 5.73 Å². The number of amides is 1. The highest BCUT2D eigenvalue weighted by molar-refractivity contribution is 7.99. The largest absolute Gasteiger partial charge is 0.369 e. The summed E-state index contributed by atoms with van der Waals surface area (Å²) in [5.74, 6) is 0.252. The predicted molar refractivity (Wildman–Crippen MR) is 104 cm³/mol. The Balaban J connectivity index is 0.00000196. The fourth-order valence-electron chi connectivity index (χ4n) is 2.97. The minimum Gasteiger partial charge on any atom is -0.369 e. The molecule has 3 heterocycles. The molecular formula is C16H17ClN6O2S. The number of thioether (sulfide) groups is 1. The second-order valence-corrected chi connectivity index (χ2v) is 6.72. The van der Waals surface area contributed by atoms with Gasteiger partial charge in [-0.3, -0.25) is 14.6 Å². The van der Waals surface area contributed by atoms with Gasteiger partial charge in [0.2, 0.25) is 11.9 Å². The van der Waals surface area contributed by atoms with Crippen LogP contribution in [0, 0.1) is 0 Å². The van der Waals surface area contributed by atoms with Gasteiger partial charge in [0.05, 0.1) is 5.75 Å². The maximum atomic E-state index is 12.6. The number of imidazole rings is 1.